The standard InChI is InChI=1S/C18H16Cl2N4OS/c1-25-17-5-3-2-4-16(17)23-18(26)22-13-9-21-24(11-13)10-12-6-7-14(19)15(20)8-12/h2-9,11H,10H2,1H3,(H2,22,23,26). The van der Waals surface area contributed by atoms with Crippen LogP contribution in [0.15, 0.2) is 54.9 Å². The van der Waals surface area contributed by atoms with Crippen molar-refractivity contribution >= 4 is 51.9 Å². The Hall–Kier alpha value is -2.28. The second-order valence-electron chi connectivity index (χ2n) is 5.45. The number of rotatable bonds is 5. The molecule has 5 nitrogen and oxygen atoms in total. The van der Waals surface area contributed by atoms with E-state index in [2.05, 4.69) is 15.7 Å². The van der Waals surface area contributed by atoms with Gasteiger partial charge in [-0.05, 0) is 42.0 Å². The minimum Gasteiger partial charge on any atom is -0.495 e. The van der Waals surface area contributed by atoms with Crippen LogP contribution >= 0.6 is 35.4 Å². The molecule has 0 aliphatic rings. The van der Waals surface area contributed by atoms with Crippen LogP contribution in [-0.2, 0) is 6.54 Å². The summed E-state index contributed by atoms with van der Waals surface area (Å²) in [6, 6.07) is 13.1. The van der Waals surface area contributed by atoms with E-state index in [1.54, 1.807) is 24.1 Å². The van der Waals surface area contributed by atoms with Crippen molar-refractivity contribution in [2.75, 3.05) is 17.7 Å². The molecule has 134 valence electrons. The SMILES string of the molecule is COc1ccccc1NC(=S)Nc1cnn(Cc2ccc(Cl)c(Cl)c2)c1. The fourth-order valence-corrected chi connectivity index (χ4v) is 2.92. The predicted molar refractivity (Wildman–Crippen MR) is 111 cm³/mol. The normalized spacial score (nSPS) is 10.4. The van der Waals surface area contributed by atoms with Crippen LogP contribution in [0.1, 0.15) is 5.56 Å². The molecule has 26 heavy (non-hydrogen) atoms. The molecule has 0 fully saturated rings. The van der Waals surface area contributed by atoms with Crippen LogP contribution in [0.5, 0.6) is 5.75 Å². The first-order valence-electron chi connectivity index (χ1n) is 7.72. The molecule has 0 saturated carbocycles. The maximum atomic E-state index is 6.05. The first-order valence-corrected chi connectivity index (χ1v) is 8.89. The van der Waals surface area contributed by atoms with Crippen molar-refractivity contribution in [1.82, 2.24) is 9.78 Å². The van der Waals surface area contributed by atoms with Crippen LogP contribution in [0.3, 0.4) is 0 Å². The molecule has 3 aromatic rings. The smallest absolute Gasteiger partial charge is 0.175 e. The molecule has 1 heterocycles. The Morgan fingerprint density at radius 2 is 1.96 bits per heavy atom. The summed E-state index contributed by atoms with van der Waals surface area (Å²) in [5, 5.41) is 12.0. The minimum atomic E-state index is 0.448. The number of nitrogens with zero attached hydrogens (tertiary/aromatic N) is 2. The van der Waals surface area contributed by atoms with Gasteiger partial charge in [0.1, 0.15) is 5.75 Å². The number of para-hydroxylation sites is 2. The lowest BCUT2D eigenvalue weighted by Crippen LogP contribution is -2.19. The van der Waals surface area contributed by atoms with E-state index in [1.165, 1.54) is 0 Å². The number of methoxy groups -OCH3 is 1. The summed E-state index contributed by atoms with van der Waals surface area (Å²) in [5.41, 5.74) is 2.57. The first-order chi connectivity index (χ1) is 12.5. The van der Waals surface area contributed by atoms with Gasteiger partial charge in [-0.1, -0.05) is 41.4 Å². The van der Waals surface area contributed by atoms with Crippen LogP contribution in [0.4, 0.5) is 11.4 Å². The van der Waals surface area contributed by atoms with Gasteiger partial charge in [-0.15, -0.1) is 0 Å². The van der Waals surface area contributed by atoms with Gasteiger partial charge in [-0.3, -0.25) is 4.68 Å². The molecule has 0 saturated heterocycles. The molecule has 0 aliphatic heterocycles. The van der Waals surface area contributed by atoms with Crippen LogP contribution < -0.4 is 15.4 Å². The van der Waals surface area contributed by atoms with Gasteiger partial charge in [0.15, 0.2) is 5.11 Å². The zero-order chi connectivity index (χ0) is 18.5. The molecule has 0 spiro atoms. The highest BCUT2D eigenvalue weighted by Gasteiger charge is 2.06. The third kappa shape index (κ3) is 4.66. The van der Waals surface area contributed by atoms with Gasteiger partial charge in [-0.25, -0.2) is 0 Å². The molecule has 1 aromatic heterocycles. The van der Waals surface area contributed by atoms with E-state index >= 15 is 0 Å². The van der Waals surface area contributed by atoms with Gasteiger partial charge < -0.3 is 15.4 Å². The average Bonchev–Trinajstić information content (AvgIpc) is 3.05. The number of hydrogen-bond donors (Lipinski definition) is 2. The molecule has 0 aliphatic carbocycles. The molecular weight excluding hydrogens is 391 g/mol. The van der Waals surface area contributed by atoms with Crippen molar-refractivity contribution in [1.29, 1.82) is 0 Å². The number of hydrogen-bond acceptors (Lipinski definition) is 3. The van der Waals surface area contributed by atoms with Crippen LogP contribution in [0, 0.1) is 0 Å². The van der Waals surface area contributed by atoms with E-state index in [4.69, 9.17) is 40.2 Å². The maximum Gasteiger partial charge on any atom is 0.175 e. The summed E-state index contributed by atoms with van der Waals surface area (Å²) >= 11 is 17.3. The molecule has 8 heteroatoms. The van der Waals surface area contributed by atoms with Gasteiger partial charge in [0.2, 0.25) is 0 Å². The summed E-state index contributed by atoms with van der Waals surface area (Å²) in [6.07, 6.45) is 3.56. The molecule has 0 bridgehead atoms. The Morgan fingerprint density at radius 3 is 2.73 bits per heavy atom. The number of aromatic nitrogens is 2. The van der Waals surface area contributed by atoms with Gasteiger partial charge in [0.25, 0.3) is 0 Å². The number of benzene rings is 2. The summed E-state index contributed by atoms with van der Waals surface area (Å²) in [6.45, 7) is 0.575. The molecule has 0 atom stereocenters. The number of thiocarbonyl (C=S) groups is 1. The van der Waals surface area contributed by atoms with Gasteiger partial charge >= 0.3 is 0 Å². The molecule has 0 radical (unpaired) electrons. The second-order valence-corrected chi connectivity index (χ2v) is 6.68. The fraction of sp³-hybridized carbons (Fsp3) is 0.111. The van der Waals surface area contributed by atoms with Crippen molar-refractivity contribution in [3.05, 3.63) is 70.5 Å². The van der Waals surface area contributed by atoms with Crippen LogP contribution in [0.2, 0.25) is 10.0 Å². The van der Waals surface area contributed by atoms with Gasteiger partial charge in [-0.2, -0.15) is 5.10 Å². The fourth-order valence-electron chi connectivity index (χ4n) is 2.37. The number of halogens is 2. The summed E-state index contributed by atoms with van der Waals surface area (Å²) in [4.78, 5) is 0. The maximum absolute atomic E-state index is 6.05. The van der Waals surface area contributed by atoms with E-state index in [1.807, 2.05) is 42.6 Å². The zero-order valence-electron chi connectivity index (χ0n) is 13.9. The molecule has 3 rings (SSSR count). The lowest BCUT2D eigenvalue weighted by molar-refractivity contribution is 0.417. The Balaban J connectivity index is 1.62. The Labute approximate surface area is 166 Å². The van der Waals surface area contributed by atoms with E-state index < -0.39 is 0 Å². The van der Waals surface area contributed by atoms with Gasteiger partial charge in [0, 0.05) is 6.20 Å². The molecule has 0 amide bonds. The molecule has 0 unspecified atom stereocenters. The highest BCUT2D eigenvalue weighted by Crippen LogP contribution is 2.24. The van der Waals surface area contributed by atoms with Crippen molar-refractivity contribution < 1.29 is 4.74 Å². The monoisotopic (exact) mass is 406 g/mol. The van der Waals surface area contributed by atoms with Crippen LogP contribution in [-0.4, -0.2) is 22.0 Å². The topological polar surface area (TPSA) is 51.1 Å². The lowest BCUT2D eigenvalue weighted by Gasteiger charge is -2.12. The highest BCUT2D eigenvalue weighted by molar-refractivity contribution is 7.80. The lowest BCUT2D eigenvalue weighted by atomic mass is 10.2. The highest BCUT2D eigenvalue weighted by atomic mass is 35.5. The molecule has 2 N–H and O–H groups in total. The van der Waals surface area contributed by atoms with E-state index in [0.29, 0.717) is 27.5 Å². The van der Waals surface area contributed by atoms with E-state index in [0.717, 1.165) is 16.9 Å². The third-order valence-corrected chi connectivity index (χ3v) is 4.52. The Kier molecular flexibility index (Phi) is 5.98. The second kappa shape index (κ2) is 8.40. The van der Waals surface area contributed by atoms with Crippen molar-refractivity contribution in [3.63, 3.8) is 0 Å². The Bertz CT molecular complexity index is 929. The average molecular weight is 407 g/mol. The first kappa shape index (κ1) is 18.5. The Morgan fingerprint density at radius 1 is 1.15 bits per heavy atom. The summed E-state index contributed by atoms with van der Waals surface area (Å²) in [5.74, 6) is 0.715. The minimum absolute atomic E-state index is 0.448. The predicted octanol–water partition coefficient (Wildman–Crippen LogP) is 5.06. The van der Waals surface area contributed by atoms with Gasteiger partial charge in [0.05, 0.1) is 41.3 Å². The molecular formula is C18H16Cl2N4OS. The van der Waals surface area contributed by atoms with Crippen LogP contribution in [0.25, 0.3) is 0 Å². The largest absolute Gasteiger partial charge is 0.495 e. The van der Waals surface area contributed by atoms with Crippen molar-refractivity contribution in [2.45, 2.75) is 6.54 Å². The quantitative estimate of drug-likeness (QED) is 0.580. The molecule has 2 aromatic carbocycles. The third-order valence-electron chi connectivity index (χ3n) is 3.57. The van der Waals surface area contributed by atoms with E-state index in [-0.39, 0.29) is 0 Å². The zero-order valence-corrected chi connectivity index (χ0v) is 16.2. The number of nitrogens with one attached hydrogen (secondary N) is 2. The van der Waals surface area contributed by atoms with Crippen molar-refractivity contribution in [3.8, 4) is 5.75 Å². The number of ether oxygens (including phenoxy) is 1. The number of anilines is 2. The summed E-state index contributed by atoms with van der Waals surface area (Å²) in [7, 11) is 1.62. The van der Waals surface area contributed by atoms with Crippen molar-refractivity contribution in [2.24, 2.45) is 0 Å². The van der Waals surface area contributed by atoms with E-state index in [9.17, 15) is 0 Å². The summed E-state index contributed by atoms with van der Waals surface area (Å²) < 4.78 is 7.08.